The summed E-state index contributed by atoms with van der Waals surface area (Å²) in [4.78, 5) is 15.2. The molecular weight excluding hydrogens is 284 g/mol. The third kappa shape index (κ3) is 2.94. The number of benzene rings is 2. The predicted octanol–water partition coefficient (Wildman–Crippen LogP) is 2.92. The number of thiazole rings is 1. The van der Waals surface area contributed by atoms with Gasteiger partial charge in [-0.05, 0) is 35.2 Å². The van der Waals surface area contributed by atoms with E-state index in [4.69, 9.17) is 10.8 Å². The van der Waals surface area contributed by atoms with Crippen LogP contribution >= 0.6 is 11.3 Å². The first-order valence-electron chi connectivity index (χ1n) is 6.54. The van der Waals surface area contributed by atoms with E-state index in [1.54, 1.807) is 11.3 Å². The van der Waals surface area contributed by atoms with Crippen LogP contribution in [-0.4, -0.2) is 22.1 Å². The van der Waals surface area contributed by atoms with Crippen LogP contribution in [0.3, 0.4) is 0 Å². The van der Waals surface area contributed by atoms with Crippen LogP contribution in [0.1, 0.15) is 5.56 Å². The van der Waals surface area contributed by atoms with Crippen LogP contribution < -0.4 is 5.73 Å². The lowest BCUT2D eigenvalue weighted by atomic mass is 9.99. The number of fused-ring (bicyclic) bond motifs is 1. The molecular formula is C16H14N2O2S. The Morgan fingerprint density at radius 2 is 2.05 bits per heavy atom. The van der Waals surface area contributed by atoms with Gasteiger partial charge >= 0.3 is 5.97 Å². The number of aromatic nitrogens is 1. The second-order valence-corrected chi connectivity index (χ2v) is 5.77. The van der Waals surface area contributed by atoms with Crippen LogP contribution in [0.25, 0.3) is 21.3 Å². The SMILES string of the molecule is N[C@@H](Cc1cccc(-c2ccc3scnc3c2)c1)C(=O)O. The molecule has 0 bridgehead atoms. The second-order valence-electron chi connectivity index (χ2n) is 4.88. The monoisotopic (exact) mass is 298 g/mol. The van der Waals surface area contributed by atoms with E-state index in [2.05, 4.69) is 17.1 Å². The number of carboxylic acid groups (broad SMARTS) is 1. The summed E-state index contributed by atoms with van der Waals surface area (Å²) in [5, 5.41) is 8.89. The molecule has 1 heterocycles. The molecule has 2 aromatic carbocycles. The van der Waals surface area contributed by atoms with E-state index in [9.17, 15) is 4.79 Å². The van der Waals surface area contributed by atoms with Crippen molar-refractivity contribution < 1.29 is 9.90 Å². The first-order valence-corrected chi connectivity index (χ1v) is 7.42. The van der Waals surface area contributed by atoms with E-state index in [0.717, 1.165) is 26.9 Å². The molecule has 0 saturated carbocycles. The highest BCUT2D eigenvalue weighted by molar-refractivity contribution is 7.16. The fourth-order valence-electron chi connectivity index (χ4n) is 2.26. The van der Waals surface area contributed by atoms with E-state index in [0.29, 0.717) is 6.42 Å². The summed E-state index contributed by atoms with van der Waals surface area (Å²) >= 11 is 1.61. The summed E-state index contributed by atoms with van der Waals surface area (Å²) in [5.74, 6) is -0.982. The Bertz CT molecular complexity index is 798. The molecule has 0 radical (unpaired) electrons. The van der Waals surface area contributed by atoms with Gasteiger partial charge in [-0.1, -0.05) is 30.3 Å². The summed E-state index contributed by atoms with van der Waals surface area (Å²) in [6.45, 7) is 0. The smallest absolute Gasteiger partial charge is 0.320 e. The van der Waals surface area contributed by atoms with Gasteiger partial charge in [-0.3, -0.25) is 4.79 Å². The van der Waals surface area contributed by atoms with Crippen LogP contribution in [-0.2, 0) is 11.2 Å². The summed E-state index contributed by atoms with van der Waals surface area (Å²) in [6.07, 6.45) is 0.322. The maximum atomic E-state index is 10.8. The minimum Gasteiger partial charge on any atom is -0.480 e. The van der Waals surface area contributed by atoms with Gasteiger partial charge < -0.3 is 10.8 Å². The van der Waals surface area contributed by atoms with Crippen molar-refractivity contribution in [1.29, 1.82) is 0 Å². The van der Waals surface area contributed by atoms with E-state index < -0.39 is 12.0 Å². The fourth-order valence-corrected chi connectivity index (χ4v) is 2.92. The van der Waals surface area contributed by atoms with E-state index >= 15 is 0 Å². The van der Waals surface area contributed by atoms with Crippen molar-refractivity contribution in [3.8, 4) is 11.1 Å². The van der Waals surface area contributed by atoms with Gasteiger partial charge in [-0.2, -0.15) is 0 Å². The Labute approximate surface area is 125 Å². The topological polar surface area (TPSA) is 76.2 Å². The molecule has 3 N–H and O–H groups in total. The number of rotatable bonds is 4. The molecule has 0 unspecified atom stereocenters. The quantitative estimate of drug-likeness (QED) is 0.776. The lowest BCUT2D eigenvalue weighted by Crippen LogP contribution is -2.32. The highest BCUT2D eigenvalue weighted by Gasteiger charge is 2.12. The van der Waals surface area contributed by atoms with Gasteiger partial charge in [0.05, 0.1) is 15.7 Å². The zero-order valence-electron chi connectivity index (χ0n) is 11.2. The first-order chi connectivity index (χ1) is 10.1. The highest BCUT2D eigenvalue weighted by atomic mass is 32.1. The Morgan fingerprint density at radius 1 is 1.24 bits per heavy atom. The number of nitrogens with zero attached hydrogens (tertiary/aromatic N) is 1. The molecule has 1 aromatic heterocycles. The normalized spacial score (nSPS) is 12.4. The molecule has 1 atom stereocenters. The summed E-state index contributed by atoms with van der Waals surface area (Å²) in [5.41, 5.74) is 11.4. The van der Waals surface area contributed by atoms with Crippen LogP contribution in [0.15, 0.2) is 48.0 Å². The minimum atomic E-state index is -0.982. The summed E-state index contributed by atoms with van der Waals surface area (Å²) in [6, 6.07) is 13.1. The van der Waals surface area contributed by atoms with Crippen LogP contribution in [0.5, 0.6) is 0 Å². The average Bonchev–Trinajstić information content (AvgIpc) is 2.94. The Balaban J connectivity index is 1.93. The third-order valence-electron chi connectivity index (χ3n) is 3.36. The maximum absolute atomic E-state index is 10.8. The number of nitrogens with two attached hydrogens (primary N) is 1. The lowest BCUT2D eigenvalue weighted by Gasteiger charge is -2.08. The van der Waals surface area contributed by atoms with E-state index in [1.165, 1.54) is 0 Å². The van der Waals surface area contributed by atoms with E-state index in [-0.39, 0.29) is 0 Å². The Hall–Kier alpha value is -2.24. The van der Waals surface area contributed by atoms with Crippen LogP contribution in [0.2, 0.25) is 0 Å². The lowest BCUT2D eigenvalue weighted by molar-refractivity contribution is -0.138. The predicted molar refractivity (Wildman–Crippen MR) is 84.4 cm³/mol. The number of hydrogen-bond donors (Lipinski definition) is 2. The van der Waals surface area contributed by atoms with Crippen LogP contribution in [0, 0.1) is 0 Å². The summed E-state index contributed by atoms with van der Waals surface area (Å²) < 4.78 is 1.16. The minimum absolute atomic E-state index is 0.322. The van der Waals surface area contributed by atoms with Gasteiger partial charge in [0.25, 0.3) is 0 Å². The Morgan fingerprint density at radius 3 is 2.86 bits per heavy atom. The van der Waals surface area contributed by atoms with Gasteiger partial charge in [0.2, 0.25) is 0 Å². The third-order valence-corrected chi connectivity index (χ3v) is 4.17. The molecule has 21 heavy (non-hydrogen) atoms. The molecule has 0 aliphatic rings. The van der Waals surface area contributed by atoms with Crippen molar-refractivity contribution in [3.63, 3.8) is 0 Å². The van der Waals surface area contributed by atoms with Crippen LogP contribution in [0.4, 0.5) is 0 Å². The highest BCUT2D eigenvalue weighted by Crippen LogP contribution is 2.26. The number of hydrogen-bond acceptors (Lipinski definition) is 4. The molecule has 0 aliphatic carbocycles. The molecule has 0 aliphatic heterocycles. The van der Waals surface area contributed by atoms with Crippen molar-refractivity contribution in [1.82, 2.24) is 4.98 Å². The van der Waals surface area contributed by atoms with Gasteiger partial charge in [-0.25, -0.2) is 4.98 Å². The molecule has 0 fully saturated rings. The van der Waals surface area contributed by atoms with E-state index in [1.807, 2.05) is 35.8 Å². The zero-order chi connectivity index (χ0) is 14.8. The number of carboxylic acids is 1. The molecule has 0 saturated heterocycles. The molecule has 3 aromatic rings. The molecule has 5 heteroatoms. The van der Waals surface area contributed by atoms with Crippen molar-refractivity contribution >= 4 is 27.5 Å². The van der Waals surface area contributed by atoms with Gasteiger partial charge in [-0.15, -0.1) is 11.3 Å². The fraction of sp³-hybridized carbons (Fsp3) is 0.125. The van der Waals surface area contributed by atoms with Gasteiger partial charge in [0.1, 0.15) is 6.04 Å². The average molecular weight is 298 g/mol. The molecule has 0 spiro atoms. The van der Waals surface area contributed by atoms with Crippen molar-refractivity contribution in [2.75, 3.05) is 0 Å². The Kier molecular flexibility index (Phi) is 3.68. The molecule has 3 rings (SSSR count). The largest absolute Gasteiger partial charge is 0.480 e. The summed E-state index contributed by atoms with van der Waals surface area (Å²) in [7, 11) is 0. The van der Waals surface area contributed by atoms with Gasteiger partial charge in [0.15, 0.2) is 0 Å². The molecule has 106 valence electrons. The van der Waals surface area contributed by atoms with Crippen molar-refractivity contribution in [3.05, 3.63) is 53.5 Å². The second kappa shape index (κ2) is 5.63. The molecule has 4 nitrogen and oxygen atoms in total. The van der Waals surface area contributed by atoms with Gasteiger partial charge in [0, 0.05) is 0 Å². The number of carbonyl (C=O) groups is 1. The van der Waals surface area contributed by atoms with Crippen molar-refractivity contribution in [2.45, 2.75) is 12.5 Å². The number of aliphatic carboxylic acids is 1. The van der Waals surface area contributed by atoms with Crippen molar-refractivity contribution in [2.24, 2.45) is 5.73 Å². The molecule has 0 amide bonds. The zero-order valence-corrected chi connectivity index (χ0v) is 12.0. The maximum Gasteiger partial charge on any atom is 0.320 e. The standard InChI is InChI=1S/C16H14N2O2S/c17-13(16(19)20)7-10-2-1-3-11(6-10)12-4-5-15-14(8-12)18-9-21-15/h1-6,8-9,13H,7,17H2,(H,19,20)/t13-/m0/s1. The first kappa shape index (κ1) is 13.7.